The molecule has 2 aromatic rings. The van der Waals surface area contributed by atoms with Crippen molar-refractivity contribution in [2.45, 2.75) is 72.8 Å². The number of hydrogen-bond donors (Lipinski definition) is 0. The van der Waals surface area contributed by atoms with Gasteiger partial charge < -0.3 is 4.90 Å². The number of carbonyl (C=O) groups is 1. The van der Waals surface area contributed by atoms with Crippen LogP contribution in [0.2, 0.25) is 0 Å². The summed E-state index contributed by atoms with van der Waals surface area (Å²) in [6.07, 6.45) is 5.19. The molecule has 2 heterocycles. The van der Waals surface area contributed by atoms with Crippen molar-refractivity contribution in [3.8, 4) is 5.95 Å². The number of aryl methyl sites for hydroxylation is 3. The predicted octanol–water partition coefficient (Wildman–Crippen LogP) is 3.48. The highest BCUT2D eigenvalue weighted by molar-refractivity contribution is 5.79. The molecule has 1 amide bonds. The van der Waals surface area contributed by atoms with Crippen LogP contribution in [0.4, 0.5) is 0 Å². The third-order valence-corrected chi connectivity index (χ3v) is 5.89. The van der Waals surface area contributed by atoms with Crippen molar-refractivity contribution in [1.29, 1.82) is 0 Å². The summed E-state index contributed by atoms with van der Waals surface area (Å²) in [5.41, 5.74) is 4.62. The van der Waals surface area contributed by atoms with Crippen molar-refractivity contribution >= 4 is 5.91 Å². The van der Waals surface area contributed by atoms with Gasteiger partial charge in [0.15, 0.2) is 0 Å². The van der Waals surface area contributed by atoms with E-state index in [-0.39, 0.29) is 5.91 Å². The minimum Gasteiger partial charge on any atom is -0.342 e. The summed E-state index contributed by atoms with van der Waals surface area (Å²) in [7, 11) is 1.96. The molecule has 0 spiro atoms. The van der Waals surface area contributed by atoms with E-state index in [1.54, 1.807) is 4.68 Å². The van der Waals surface area contributed by atoms with Gasteiger partial charge in [-0.05, 0) is 52.5 Å². The smallest absolute Gasteiger partial charge is 0.251 e. The van der Waals surface area contributed by atoms with Gasteiger partial charge in [0.1, 0.15) is 0 Å². The van der Waals surface area contributed by atoms with Crippen LogP contribution in [-0.2, 0) is 11.2 Å². The molecule has 2 aromatic heterocycles. The Morgan fingerprint density at radius 3 is 2.41 bits per heavy atom. The van der Waals surface area contributed by atoms with E-state index in [0.29, 0.717) is 24.3 Å². The zero-order valence-electron chi connectivity index (χ0n) is 17.4. The minimum absolute atomic E-state index is 0.167. The Labute approximate surface area is 162 Å². The average molecular weight is 370 g/mol. The van der Waals surface area contributed by atoms with Crippen LogP contribution in [0.1, 0.15) is 60.9 Å². The van der Waals surface area contributed by atoms with Crippen LogP contribution in [0.25, 0.3) is 5.95 Å². The maximum Gasteiger partial charge on any atom is 0.251 e. The molecular weight excluding hydrogens is 338 g/mol. The van der Waals surface area contributed by atoms with Crippen LogP contribution in [-0.4, -0.2) is 43.6 Å². The van der Waals surface area contributed by atoms with Crippen molar-refractivity contribution in [3.63, 3.8) is 0 Å². The first-order valence-corrected chi connectivity index (χ1v) is 9.91. The molecule has 3 rings (SSSR count). The Kier molecular flexibility index (Phi) is 5.63. The molecule has 1 saturated carbocycles. The Balaban J connectivity index is 1.83. The van der Waals surface area contributed by atoms with Gasteiger partial charge in [0, 0.05) is 35.7 Å². The summed E-state index contributed by atoms with van der Waals surface area (Å²) in [5, 5.41) is 4.62. The number of rotatable bonds is 4. The fraction of sp³-hybridized carbons (Fsp3) is 0.619. The standard InChI is InChI=1S/C21H31N5O/c1-13-9-7-8-10-19(13)25(6)20(27)12-18-16(4)24-26(17(18)5)21-22-14(2)11-15(3)23-21/h11,13,19H,7-10,12H2,1-6H3. The third kappa shape index (κ3) is 4.04. The summed E-state index contributed by atoms with van der Waals surface area (Å²) in [5.74, 6) is 1.31. The minimum atomic E-state index is 0.167. The van der Waals surface area contributed by atoms with Gasteiger partial charge in [-0.2, -0.15) is 5.10 Å². The quantitative estimate of drug-likeness (QED) is 0.828. The first kappa shape index (κ1) is 19.5. The van der Waals surface area contributed by atoms with Gasteiger partial charge in [-0.15, -0.1) is 0 Å². The Morgan fingerprint density at radius 2 is 1.78 bits per heavy atom. The second kappa shape index (κ2) is 7.79. The lowest BCUT2D eigenvalue weighted by Crippen LogP contribution is -2.43. The molecule has 0 aliphatic heterocycles. The number of aromatic nitrogens is 4. The van der Waals surface area contributed by atoms with E-state index in [4.69, 9.17) is 0 Å². The molecule has 0 aromatic carbocycles. The molecule has 0 radical (unpaired) electrons. The van der Waals surface area contributed by atoms with Crippen molar-refractivity contribution in [3.05, 3.63) is 34.4 Å². The normalized spacial score (nSPS) is 19.9. The van der Waals surface area contributed by atoms with Gasteiger partial charge in [-0.1, -0.05) is 19.8 Å². The summed E-state index contributed by atoms with van der Waals surface area (Å²) in [6, 6.07) is 2.30. The van der Waals surface area contributed by atoms with Gasteiger partial charge in [0.25, 0.3) is 5.95 Å². The van der Waals surface area contributed by atoms with E-state index in [9.17, 15) is 4.79 Å². The van der Waals surface area contributed by atoms with E-state index in [2.05, 4.69) is 22.0 Å². The molecular formula is C21H31N5O. The Morgan fingerprint density at radius 1 is 1.15 bits per heavy atom. The highest BCUT2D eigenvalue weighted by Gasteiger charge is 2.29. The van der Waals surface area contributed by atoms with Crippen LogP contribution in [0.3, 0.4) is 0 Å². The Hall–Kier alpha value is -2.24. The first-order chi connectivity index (χ1) is 12.8. The predicted molar refractivity (Wildman–Crippen MR) is 106 cm³/mol. The average Bonchev–Trinajstić information content (AvgIpc) is 2.89. The van der Waals surface area contributed by atoms with E-state index in [0.717, 1.165) is 34.8 Å². The lowest BCUT2D eigenvalue weighted by Gasteiger charge is -2.36. The third-order valence-electron chi connectivity index (χ3n) is 5.89. The maximum atomic E-state index is 13.0. The molecule has 2 unspecified atom stereocenters. The second-order valence-corrected chi connectivity index (χ2v) is 8.02. The summed E-state index contributed by atoms with van der Waals surface area (Å²) in [4.78, 5) is 24.0. The highest BCUT2D eigenvalue weighted by Crippen LogP contribution is 2.28. The summed E-state index contributed by atoms with van der Waals surface area (Å²) in [6.45, 7) is 10.1. The molecule has 27 heavy (non-hydrogen) atoms. The molecule has 6 nitrogen and oxygen atoms in total. The van der Waals surface area contributed by atoms with Gasteiger partial charge in [0.2, 0.25) is 5.91 Å². The van der Waals surface area contributed by atoms with E-state index in [1.165, 1.54) is 19.3 Å². The topological polar surface area (TPSA) is 63.9 Å². The number of nitrogens with zero attached hydrogens (tertiary/aromatic N) is 5. The molecule has 0 N–H and O–H groups in total. The second-order valence-electron chi connectivity index (χ2n) is 8.02. The molecule has 1 aliphatic carbocycles. The van der Waals surface area contributed by atoms with Crippen LogP contribution in [0, 0.1) is 33.6 Å². The van der Waals surface area contributed by atoms with Crippen LogP contribution in [0.15, 0.2) is 6.07 Å². The molecule has 1 aliphatic rings. The fourth-order valence-electron chi connectivity index (χ4n) is 4.26. The van der Waals surface area contributed by atoms with E-state index < -0.39 is 0 Å². The number of amides is 1. The molecule has 0 saturated heterocycles. The number of hydrogen-bond acceptors (Lipinski definition) is 4. The number of carbonyl (C=O) groups excluding carboxylic acids is 1. The van der Waals surface area contributed by atoms with Crippen LogP contribution >= 0.6 is 0 Å². The van der Waals surface area contributed by atoms with Gasteiger partial charge in [-0.25, -0.2) is 14.6 Å². The molecule has 0 bridgehead atoms. The zero-order valence-corrected chi connectivity index (χ0v) is 17.4. The largest absolute Gasteiger partial charge is 0.342 e. The van der Waals surface area contributed by atoms with Crippen molar-refractivity contribution < 1.29 is 4.79 Å². The maximum absolute atomic E-state index is 13.0. The number of likely N-dealkylation sites (N-methyl/N-ethyl adjacent to an activating group) is 1. The van der Waals surface area contributed by atoms with E-state index in [1.807, 2.05) is 45.7 Å². The SMILES string of the molecule is Cc1cc(C)nc(-n2nc(C)c(CC(=O)N(C)C3CCCCC3C)c2C)n1. The van der Waals surface area contributed by atoms with Crippen molar-refractivity contribution in [2.24, 2.45) is 5.92 Å². The first-order valence-electron chi connectivity index (χ1n) is 9.91. The zero-order chi connectivity index (χ0) is 19.7. The highest BCUT2D eigenvalue weighted by atomic mass is 16.2. The molecule has 146 valence electrons. The molecule has 6 heteroatoms. The van der Waals surface area contributed by atoms with E-state index >= 15 is 0 Å². The Bertz CT molecular complexity index is 821. The van der Waals surface area contributed by atoms with Gasteiger partial charge >= 0.3 is 0 Å². The fourth-order valence-corrected chi connectivity index (χ4v) is 4.26. The van der Waals surface area contributed by atoms with Gasteiger partial charge in [0.05, 0.1) is 12.1 Å². The van der Waals surface area contributed by atoms with Crippen LogP contribution in [0.5, 0.6) is 0 Å². The van der Waals surface area contributed by atoms with Crippen molar-refractivity contribution in [2.75, 3.05) is 7.05 Å². The van der Waals surface area contributed by atoms with Gasteiger partial charge in [-0.3, -0.25) is 4.79 Å². The summed E-state index contributed by atoms with van der Waals surface area (Å²) >= 11 is 0. The molecule has 1 fully saturated rings. The lowest BCUT2D eigenvalue weighted by atomic mass is 9.85. The molecule has 2 atom stereocenters. The summed E-state index contributed by atoms with van der Waals surface area (Å²) < 4.78 is 1.77. The monoisotopic (exact) mass is 369 g/mol. The van der Waals surface area contributed by atoms with Crippen molar-refractivity contribution in [1.82, 2.24) is 24.6 Å². The van der Waals surface area contributed by atoms with Crippen LogP contribution < -0.4 is 0 Å². The lowest BCUT2D eigenvalue weighted by molar-refractivity contribution is -0.132.